The zero-order valence-electron chi connectivity index (χ0n) is 12.2. The number of amides is 1. The van der Waals surface area contributed by atoms with Crippen molar-refractivity contribution >= 4 is 34.2 Å². The minimum Gasteiger partial charge on any atom is -0.496 e. The van der Waals surface area contributed by atoms with Gasteiger partial charge in [-0.15, -0.1) is 12.4 Å². The maximum Gasteiger partial charge on any atom is 0.251 e. The SMILES string of the molecule is COc1ccc(C(=O)NCCC2CCCNC2)cc1Br.Cl. The van der Waals surface area contributed by atoms with E-state index in [0.717, 1.165) is 36.3 Å². The van der Waals surface area contributed by atoms with E-state index in [1.54, 1.807) is 25.3 Å². The molecule has 1 atom stereocenters. The molecule has 2 N–H and O–H groups in total. The van der Waals surface area contributed by atoms with Crippen molar-refractivity contribution in [3.8, 4) is 5.75 Å². The number of hydrogen-bond acceptors (Lipinski definition) is 3. The summed E-state index contributed by atoms with van der Waals surface area (Å²) in [7, 11) is 1.61. The topological polar surface area (TPSA) is 50.4 Å². The van der Waals surface area contributed by atoms with Crippen LogP contribution in [0.2, 0.25) is 0 Å². The smallest absolute Gasteiger partial charge is 0.251 e. The van der Waals surface area contributed by atoms with Crippen LogP contribution < -0.4 is 15.4 Å². The van der Waals surface area contributed by atoms with E-state index in [0.29, 0.717) is 11.5 Å². The molecule has 0 spiro atoms. The molecule has 0 aliphatic carbocycles. The van der Waals surface area contributed by atoms with Gasteiger partial charge in [-0.2, -0.15) is 0 Å². The molecular formula is C15H22BrClN2O2. The van der Waals surface area contributed by atoms with Crippen molar-refractivity contribution in [2.45, 2.75) is 19.3 Å². The van der Waals surface area contributed by atoms with Crippen LogP contribution in [0, 0.1) is 5.92 Å². The second-order valence-corrected chi connectivity index (χ2v) is 5.96. The van der Waals surface area contributed by atoms with E-state index in [1.165, 1.54) is 12.8 Å². The summed E-state index contributed by atoms with van der Waals surface area (Å²) in [4.78, 5) is 12.0. The van der Waals surface area contributed by atoms with Crippen molar-refractivity contribution in [1.82, 2.24) is 10.6 Å². The summed E-state index contributed by atoms with van der Waals surface area (Å²) in [6.45, 7) is 2.93. The highest BCUT2D eigenvalue weighted by Gasteiger charge is 2.13. The molecule has 118 valence electrons. The summed E-state index contributed by atoms with van der Waals surface area (Å²) in [6, 6.07) is 5.36. The summed E-state index contributed by atoms with van der Waals surface area (Å²) in [6.07, 6.45) is 3.54. The number of benzene rings is 1. The van der Waals surface area contributed by atoms with Crippen molar-refractivity contribution < 1.29 is 9.53 Å². The molecule has 4 nitrogen and oxygen atoms in total. The van der Waals surface area contributed by atoms with Crippen LogP contribution in [0.25, 0.3) is 0 Å². The zero-order chi connectivity index (χ0) is 14.4. The Bertz CT molecular complexity index is 465. The van der Waals surface area contributed by atoms with Crippen LogP contribution in [0.15, 0.2) is 22.7 Å². The summed E-state index contributed by atoms with van der Waals surface area (Å²) in [5.41, 5.74) is 0.652. The molecule has 0 bridgehead atoms. The third-order valence-electron chi connectivity index (χ3n) is 3.65. The van der Waals surface area contributed by atoms with Crippen LogP contribution in [0.3, 0.4) is 0 Å². The van der Waals surface area contributed by atoms with Crippen molar-refractivity contribution in [1.29, 1.82) is 0 Å². The lowest BCUT2D eigenvalue weighted by atomic mass is 9.96. The monoisotopic (exact) mass is 376 g/mol. The summed E-state index contributed by atoms with van der Waals surface area (Å²) in [5, 5.41) is 6.37. The number of rotatable bonds is 5. The second-order valence-electron chi connectivity index (χ2n) is 5.11. The number of ether oxygens (including phenoxy) is 1. The van der Waals surface area contributed by atoms with E-state index < -0.39 is 0 Å². The van der Waals surface area contributed by atoms with Crippen molar-refractivity contribution in [2.75, 3.05) is 26.7 Å². The van der Waals surface area contributed by atoms with Crippen LogP contribution in [0.4, 0.5) is 0 Å². The highest BCUT2D eigenvalue weighted by atomic mass is 79.9. The van der Waals surface area contributed by atoms with Gasteiger partial charge in [-0.05, 0) is 72.4 Å². The van der Waals surface area contributed by atoms with E-state index in [2.05, 4.69) is 26.6 Å². The average molecular weight is 378 g/mol. The van der Waals surface area contributed by atoms with Crippen molar-refractivity contribution in [2.24, 2.45) is 5.92 Å². The quantitative estimate of drug-likeness (QED) is 0.829. The Balaban J connectivity index is 0.00000220. The molecule has 0 saturated carbocycles. The van der Waals surface area contributed by atoms with Gasteiger partial charge in [-0.25, -0.2) is 0 Å². The molecule has 6 heteroatoms. The Morgan fingerprint density at radius 3 is 2.95 bits per heavy atom. The number of carbonyl (C=O) groups is 1. The first-order valence-electron chi connectivity index (χ1n) is 7.03. The van der Waals surface area contributed by atoms with Crippen LogP contribution in [-0.4, -0.2) is 32.7 Å². The molecule has 2 rings (SSSR count). The van der Waals surface area contributed by atoms with Crippen LogP contribution in [0.1, 0.15) is 29.6 Å². The van der Waals surface area contributed by atoms with Gasteiger partial charge in [0.15, 0.2) is 0 Å². The maximum atomic E-state index is 12.0. The molecule has 1 amide bonds. The van der Waals surface area contributed by atoms with Gasteiger partial charge in [0.25, 0.3) is 5.91 Å². The Hall–Kier alpha value is -0.780. The molecule has 0 radical (unpaired) electrons. The molecule has 0 aromatic heterocycles. The van der Waals surface area contributed by atoms with E-state index in [9.17, 15) is 4.79 Å². The average Bonchev–Trinajstić information content (AvgIpc) is 2.48. The highest BCUT2D eigenvalue weighted by Crippen LogP contribution is 2.25. The number of methoxy groups -OCH3 is 1. The van der Waals surface area contributed by atoms with Gasteiger partial charge in [-0.1, -0.05) is 0 Å². The number of carbonyl (C=O) groups excluding carboxylic acids is 1. The van der Waals surface area contributed by atoms with Gasteiger partial charge in [0.1, 0.15) is 5.75 Å². The van der Waals surface area contributed by atoms with Crippen LogP contribution in [0.5, 0.6) is 5.75 Å². The van der Waals surface area contributed by atoms with E-state index in [-0.39, 0.29) is 18.3 Å². The molecular weight excluding hydrogens is 356 g/mol. The Kier molecular flexibility index (Phi) is 8.07. The second kappa shape index (κ2) is 9.28. The fourth-order valence-electron chi connectivity index (χ4n) is 2.47. The van der Waals surface area contributed by atoms with Gasteiger partial charge < -0.3 is 15.4 Å². The lowest BCUT2D eigenvalue weighted by Gasteiger charge is -2.22. The predicted octanol–water partition coefficient (Wildman–Crippen LogP) is 3.00. The lowest BCUT2D eigenvalue weighted by Crippen LogP contribution is -2.33. The lowest BCUT2D eigenvalue weighted by molar-refractivity contribution is 0.0950. The number of nitrogens with one attached hydrogen (secondary N) is 2. The minimum atomic E-state index is -0.0304. The van der Waals surface area contributed by atoms with Gasteiger partial charge in [0.05, 0.1) is 11.6 Å². The fourth-order valence-corrected chi connectivity index (χ4v) is 3.01. The van der Waals surface area contributed by atoms with Crippen molar-refractivity contribution in [3.63, 3.8) is 0 Å². The van der Waals surface area contributed by atoms with E-state index in [1.807, 2.05) is 0 Å². The Morgan fingerprint density at radius 2 is 2.33 bits per heavy atom. The summed E-state index contributed by atoms with van der Waals surface area (Å²) >= 11 is 3.39. The largest absolute Gasteiger partial charge is 0.496 e. The Labute approximate surface area is 140 Å². The number of halogens is 2. The first-order valence-corrected chi connectivity index (χ1v) is 7.82. The van der Waals surface area contributed by atoms with Gasteiger partial charge in [0, 0.05) is 12.1 Å². The van der Waals surface area contributed by atoms with Crippen LogP contribution >= 0.6 is 28.3 Å². The summed E-state index contributed by atoms with van der Waals surface area (Å²) in [5.74, 6) is 1.39. The molecule has 1 aromatic rings. The Morgan fingerprint density at radius 1 is 1.52 bits per heavy atom. The molecule has 1 saturated heterocycles. The van der Waals surface area contributed by atoms with Gasteiger partial charge in [-0.3, -0.25) is 4.79 Å². The molecule has 1 unspecified atom stereocenters. The van der Waals surface area contributed by atoms with E-state index >= 15 is 0 Å². The molecule has 1 aromatic carbocycles. The van der Waals surface area contributed by atoms with Crippen molar-refractivity contribution in [3.05, 3.63) is 28.2 Å². The van der Waals surface area contributed by atoms with E-state index in [4.69, 9.17) is 4.74 Å². The van der Waals surface area contributed by atoms with Gasteiger partial charge >= 0.3 is 0 Å². The van der Waals surface area contributed by atoms with Crippen LogP contribution in [-0.2, 0) is 0 Å². The first-order chi connectivity index (χ1) is 9.70. The summed E-state index contributed by atoms with van der Waals surface area (Å²) < 4.78 is 5.95. The molecule has 1 aliphatic heterocycles. The predicted molar refractivity (Wildman–Crippen MR) is 90.5 cm³/mol. The van der Waals surface area contributed by atoms with Gasteiger partial charge in [0.2, 0.25) is 0 Å². The maximum absolute atomic E-state index is 12.0. The minimum absolute atomic E-state index is 0. The molecule has 1 fully saturated rings. The molecule has 1 heterocycles. The molecule has 21 heavy (non-hydrogen) atoms. The first kappa shape index (κ1) is 18.3. The third kappa shape index (κ3) is 5.49. The highest BCUT2D eigenvalue weighted by molar-refractivity contribution is 9.10. The standard InChI is InChI=1S/C15H21BrN2O2.ClH/c1-20-14-5-4-12(9-13(14)16)15(19)18-8-6-11-3-2-7-17-10-11;/h4-5,9,11,17H,2-3,6-8,10H2,1H3,(H,18,19);1H. The third-order valence-corrected chi connectivity index (χ3v) is 4.27. The number of hydrogen-bond donors (Lipinski definition) is 2. The normalized spacial score (nSPS) is 17.7. The fraction of sp³-hybridized carbons (Fsp3) is 0.533. The zero-order valence-corrected chi connectivity index (χ0v) is 14.6. The number of piperidine rings is 1. The molecule has 1 aliphatic rings.